The van der Waals surface area contributed by atoms with Gasteiger partial charge in [-0.1, -0.05) is 11.8 Å². The number of carbonyl (C=O) groups is 1. The molecule has 0 aliphatic heterocycles. The Hall–Kier alpha value is -2.37. The summed E-state index contributed by atoms with van der Waals surface area (Å²) >= 11 is 0. The lowest BCUT2D eigenvalue weighted by atomic mass is 10.2. The van der Waals surface area contributed by atoms with Crippen molar-refractivity contribution in [1.29, 1.82) is 5.26 Å². The first-order chi connectivity index (χ1) is 7.27. The fraction of sp³-hybridized carbons (Fsp3) is 0.100. The summed E-state index contributed by atoms with van der Waals surface area (Å²) in [7, 11) is 0. The van der Waals surface area contributed by atoms with Crippen molar-refractivity contribution in [3.05, 3.63) is 29.6 Å². The molecule has 0 spiro atoms. The van der Waals surface area contributed by atoms with Crippen LogP contribution in [0, 0.1) is 23.2 Å². The normalized spacial score (nSPS) is 8.27. The highest BCUT2D eigenvalue weighted by molar-refractivity contribution is 5.93. The van der Waals surface area contributed by atoms with Crippen molar-refractivity contribution in [1.82, 2.24) is 10.4 Å². The van der Waals surface area contributed by atoms with Crippen LogP contribution in [0.15, 0.2) is 18.5 Å². The van der Waals surface area contributed by atoms with Crippen LogP contribution in [0.3, 0.4) is 0 Å². The lowest BCUT2D eigenvalue weighted by molar-refractivity contribution is 0.0953. The van der Waals surface area contributed by atoms with Crippen LogP contribution in [0.2, 0.25) is 0 Å². The minimum absolute atomic E-state index is 0.146. The fourth-order valence-electron chi connectivity index (χ4n) is 0.902. The molecule has 0 radical (unpaired) electrons. The Morgan fingerprint density at radius 1 is 1.60 bits per heavy atom. The van der Waals surface area contributed by atoms with Gasteiger partial charge in [-0.15, -0.1) is 0 Å². The van der Waals surface area contributed by atoms with Crippen molar-refractivity contribution < 1.29 is 4.79 Å². The van der Waals surface area contributed by atoms with Gasteiger partial charge in [-0.3, -0.25) is 15.2 Å². The summed E-state index contributed by atoms with van der Waals surface area (Å²) in [4.78, 5) is 14.9. The maximum Gasteiger partial charge on any atom is 0.266 e. The second-order valence-electron chi connectivity index (χ2n) is 2.57. The summed E-state index contributed by atoms with van der Waals surface area (Å²) in [5, 5.41) is 8.28. The summed E-state index contributed by atoms with van der Waals surface area (Å²) in [6.07, 6.45) is 3.04. The van der Waals surface area contributed by atoms with E-state index in [9.17, 15) is 4.79 Å². The third kappa shape index (κ3) is 3.11. The molecule has 0 aliphatic rings. The maximum atomic E-state index is 11.1. The molecule has 0 saturated carbocycles. The summed E-state index contributed by atoms with van der Waals surface area (Å²) in [6, 6.07) is 3.45. The molecule has 0 saturated heterocycles. The molecule has 5 nitrogen and oxygen atoms in total. The lowest BCUT2D eigenvalue weighted by Crippen LogP contribution is -2.30. The molecular weight excluding hydrogens is 192 g/mol. The summed E-state index contributed by atoms with van der Waals surface area (Å²) in [5.74, 6) is 9.88. The van der Waals surface area contributed by atoms with Crippen LogP contribution in [0.5, 0.6) is 0 Å². The monoisotopic (exact) mass is 200 g/mol. The number of nitriles is 1. The molecular formula is C10H8N4O. The second kappa shape index (κ2) is 5.38. The van der Waals surface area contributed by atoms with Crippen LogP contribution in [0.1, 0.15) is 22.3 Å². The standard InChI is InChI=1S/C10H8N4O/c11-4-2-1-3-8-5-9(7-13-6-8)10(15)14-12/h5-7H,2,12H2,(H,14,15). The molecule has 5 heteroatoms. The molecule has 0 unspecified atom stereocenters. The predicted molar refractivity (Wildman–Crippen MR) is 53.0 cm³/mol. The number of hydrazine groups is 1. The Morgan fingerprint density at radius 3 is 3.07 bits per heavy atom. The van der Waals surface area contributed by atoms with Gasteiger partial charge in [0.15, 0.2) is 0 Å². The zero-order valence-electron chi connectivity index (χ0n) is 7.82. The van der Waals surface area contributed by atoms with Gasteiger partial charge in [0.05, 0.1) is 18.1 Å². The highest BCUT2D eigenvalue weighted by Gasteiger charge is 2.03. The molecule has 1 amide bonds. The molecule has 15 heavy (non-hydrogen) atoms. The van der Waals surface area contributed by atoms with Crippen molar-refractivity contribution in [2.45, 2.75) is 6.42 Å². The minimum Gasteiger partial charge on any atom is -0.290 e. The van der Waals surface area contributed by atoms with Gasteiger partial charge in [0.1, 0.15) is 0 Å². The number of hydrogen-bond donors (Lipinski definition) is 2. The van der Waals surface area contributed by atoms with E-state index in [4.69, 9.17) is 11.1 Å². The van der Waals surface area contributed by atoms with Crippen molar-refractivity contribution in [3.8, 4) is 17.9 Å². The van der Waals surface area contributed by atoms with Gasteiger partial charge in [0.25, 0.3) is 5.91 Å². The number of hydrogen-bond acceptors (Lipinski definition) is 4. The second-order valence-corrected chi connectivity index (χ2v) is 2.57. The van der Waals surface area contributed by atoms with Crippen molar-refractivity contribution in [3.63, 3.8) is 0 Å². The van der Waals surface area contributed by atoms with Crippen molar-refractivity contribution in [2.24, 2.45) is 5.84 Å². The lowest BCUT2D eigenvalue weighted by Gasteiger charge is -1.98. The molecule has 0 aliphatic carbocycles. The first-order valence-electron chi connectivity index (χ1n) is 4.09. The SMILES string of the molecule is N#CCC#Cc1cncc(C(=O)NN)c1. The molecule has 1 heterocycles. The van der Waals surface area contributed by atoms with Crippen molar-refractivity contribution >= 4 is 5.91 Å². The Kier molecular flexibility index (Phi) is 3.84. The minimum atomic E-state index is -0.425. The van der Waals surface area contributed by atoms with Crippen molar-refractivity contribution in [2.75, 3.05) is 0 Å². The molecule has 74 valence electrons. The van der Waals surface area contributed by atoms with Gasteiger partial charge >= 0.3 is 0 Å². The van der Waals surface area contributed by atoms with Crippen LogP contribution in [-0.4, -0.2) is 10.9 Å². The Bertz CT molecular complexity index is 464. The van der Waals surface area contributed by atoms with Gasteiger partial charge in [0, 0.05) is 18.0 Å². The number of nitrogens with zero attached hydrogens (tertiary/aromatic N) is 2. The molecule has 0 bridgehead atoms. The molecule has 0 atom stereocenters. The van der Waals surface area contributed by atoms with Gasteiger partial charge in [0.2, 0.25) is 0 Å². The first-order valence-corrected chi connectivity index (χ1v) is 4.09. The van der Waals surface area contributed by atoms with E-state index >= 15 is 0 Å². The summed E-state index contributed by atoms with van der Waals surface area (Å²) < 4.78 is 0. The average molecular weight is 200 g/mol. The molecule has 3 N–H and O–H groups in total. The third-order valence-corrected chi connectivity index (χ3v) is 1.53. The van der Waals surface area contributed by atoms with E-state index in [0.29, 0.717) is 11.1 Å². The van der Waals surface area contributed by atoms with E-state index in [1.807, 2.05) is 11.5 Å². The van der Waals surface area contributed by atoms with Gasteiger partial charge in [-0.05, 0) is 6.07 Å². The molecule has 0 fully saturated rings. The number of carbonyl (C=O) groups excluding carboxylic acids is 1. The zero-order valence-corrected chi connectivity index (χ0v) is 7.82. The number of rotatable bonds is 1. The Morgan fingerprint density at radius 2 is 2.40 bits per heavy atom. The predicted octanol–water partition coefficient (Wildman–Crippen LogP) is -0.0497. The number of nitrogens with two attached hydrogens (primary N) is 1. The third-order valence-electron chi connectivity index (χ3n) is 1.53. The molecule has 1 rings (SSSR count). The molecule has 0 aromatic carbocycles. The highest BCUT2D eigenvalue weighted by Crippen LogP contribution is 2.00. The average Bonchev–Trinajstić information content (AvgIpc) is 2.29. The van der Waals surface area contributed by atoms with Gasteiger partial charge < -0.3 is 0 Å². The number of aromatic nitrogens is 1. The topological polar surface area (TPSA) is 91.8 Å². The first kappa shape index (κ1) is 10.7. The number of nitrogen functional groups attached to an aromatic ring is 1. The van der Waals surface area contributed by atoms with Gasteiger partial charge in [-0.2, -0.15) is 5.26 Å². The summed E-state index contributed by atoms with van der Waals surface area (Å²) in [5.41, 5.74) is 2.91. The largest absolute Gasteiger partial charge is 0.290 e. The Balaban J connectivity index is 2.90. The van der Waals surface area contributed by atoms with Crippen LogP contribution in [0.25, 0.3) is 0 Å². The van der Waals surface area contributed by atoms with Crippen LogP contribution in [-0.2, 0) is 0 Å². The van der Waals surface area contributed by atoms with E-state index < -0.39 is 5.91 Å². The quantitative estimate of drug-likeness (QED) is 0.288. The number of pyridine rings is 1. The van der Waals surface area contributed by atoms with Crippen LogP contribution < -0.4 is 11.3 Å². The summed E-state index contributed by atoms with van der Waals surface area (Å²) in [6.45, 7) is 0. The highest BCUT2D eigenvalue weighted by atomic mass is 16.2. The number of amides is 1. The zero-order chi connectivity index (χ0) is 11.1. The smallest absolute Gasteiger partial charge is 0.266 e. The Labute approximate surface area is 86.9 Å². The molecule has 1 aromatic heterocycles. The van der Waals surface area contributed by atoms with E-state index in [0.717, 1.165) is 0 Å². The maximum absolute atomic E-state index is 11.1. The van der Waals surface area contributed by atoms with E-state index in [2.05, 4.69) is 16.8 Å². The van der Waals surface area contributed by atoms with E-state index in [1.165, 1.54) is 12.4 Å². The van der Waals surface area contributed by atoms with Crippen LogP contribution in [0.4, 0.5) is 0 Å². The van der Waals surface area contributed by atoms with Crippen LogP contribution >= 0.6 is 0 Å². The molecule has 1 aromatic rings. The van der Waals surface area contributed by atoms with E-state index in [-0.39, 0.29) is 6.42 Å². The fourth-order valence-corrected chi connectivity index (χ4v) is 0.902. The van der Waals surface area contributed by atoms with Gasteiger partial charge in [-0.25, -0.2) is 5.84 Å². The van der Waals surface area contributed by atoms with E-state index in [1.54, 1.807) is 6.07 Å². The number of nitrogens with one attached hydrogen (secondary N) is 1.